The van der Waals surface area contributed by atoms with Crippen LogP contribution in [0.5, 0.6) is 0 Å². The maximum absolute atomic E-state index is 12.4. The van der Waals surface area contributed by atoms with Gasteiger partial charge in [-0.1, -0.05) is 6.92 Å². The van der Waals surface area contributed by atoms with Crippen LogP contribution in [0.3, 0.4) is 0 Å². The van der Waals surface area contributed by atoms with Crippen LogP contribution in [0.4, 0.5) is 0 Å². The van der Waals surface area contributed by atoms with Gasteiger partial charge in [0.2, 0.25) is 5.91 Å². The molecule has 4 nitrogen and oxygen atoms in total. The Kier molecular flexibility index (Phi) is 6.12. The summed E-state index contributed by atoms with van der Waals surface area (Å²) in [5.41, 5.74) is 0. The van der Waals surface area contributed by atoms with Crippen LogP contribution in [0, 0.1) is 5.92 Å². The first-order valence-electron chi connectivity index (χ1n) is 7.80. The molecule has 0 aliphatic carbocycles. The largest absolute Gasteiger partial charge is 0.469 e. The highest BCUT2D eigenvalue weighted by Gasteiger charge is 2.20. The number of amides is 1. The molecule has 1 aromatic heterocycles. The fraction of sp³-hybridized carbons (Fsp3) is 0.688. The monoisotopic (exact) mass is 278 g/mol. The number of rotatable bonds is 7. The number of nitrogens with zero attached hydrogens (tertiary/aromatic N) is 1. The first-order chi connectivity index (χ1) is 9.79. The number of furan rings is 1. The van der Waals surface area contributed by atoms with Gasteiger partial charge < -0.3 is 14.6 Å². The van der Waals surface area contributed by atoms with E-state index in [0.29, 0.717) is 18.8 Å². The fourth-order valence-corrected chi connectivity index (χ4v) is 2.82. The Morgan fingerprint density at radius 1 is 1.55 bits per heavy atom. The highest BCUT2D eigenvalue weighted by molar-refractivity contribution is 5.76. The summed E-state index contributed by atoms with van der Waals surface area (Å²) in [5.74, 6) is 1.77. The van der Waals surface area contributed by atoms with E-state index in [2.05, 4.69) is 12.2 Å². The Balaban J connectivity index is 1.81. The predicted molar refractivity (Wildman–Crippen MR) is 79.5 cm³/mol. The molecule has 0 radical (unpaired) electrons. The third kappa shape index (κ3) is 4.67. The number of hydrogen-bond donors (Lipinski definition) is 1. The molecule has 1 saturated heterocycles. The molecule has 2 heterocycles. The molecule has 1 N–H and O–H groups in total. The van der Waals surface area contributed by atoms with E-state index in [1.165, 1.54) is 12.8 Å². The van der Waals surface area contributed by atoms with Crippen LogP contribution in [-0.4, -0.2) is 37.0 Å². The number of aryl methyl sites for hydroxylation is 1. The first-order valence-corrected chi connectivity index (χ1v) is 7.80. The third-order valence-electron chi connectivity index (χ3n) is 3.89. The van der Waals surface area contributed by atoms with Crippen molar-refractivity contribution < 1.29 is 9.21 Å². The number of hydrogen-bond acceptors (Lipinski definition) is 3. The molecule has 1 unspecified atom stereocenters. The zero-order valence-corrected chi connectivity index (χ0v) is 12.4. The normalized spacial score (nSPS) is 18.9. The number of piperidine rings is 1. The van der Waals surface area contributed by atoms with Crippen LogP contribution in [0.15, 0.2) is 22.8 Å². The molecule has 1 aliphatic rings. The second-order valence-corrected chi connectivity index (χ2v) is 5.63. The maximum atomic E-state index is 12.4. The molecular formula is C16H26N2O2. The van der Waals surface area contributed by atoms with Crippen LogP contribution >= 0.6 is 0 Å². The Labute approximate surface area is 121 Å². The van der Waals surface area contributed by atoms with Crippen molar-refractivity contribution in [2.24, 2.45) is 5.92 Å². The van der Waals surface area contributed by atoms with Crippen LogP contribution in [-0.2, 0) is 11.2 Å². The summed E-state index contributed by atoms with van der Waals surface area (Å²) in [7, 11) is 0. The summed E-state index contributed by atoms with van der Waals surface area (Å²) in [5, 5.41) is 3.42. The molecule has 112 valence electrons. The highest BCUT2D eigenvalue weighted by Crippen LogP contribution is 2.14. The molecule has 1 atom stereocenters. The second kappa shape index (κ2) is 8.10. The Morgan fingerprint density at radius 2 is 2.45 bits per heavy atom. The summed E-state index contributed by atoms with van der Waals surface area (Å²) in [6.45, 7) is 6.07. The molecule has 0 spiro atoms. The smallest absolute Gasteiger partial charge is 0.223 e. The lowest BCUT2D eigenvalue weighted by atomic mass is 9.99. The number of carbonyl (C=O) groups is 1. The lowest BCUT2D eigenvalue weighted by Crippen LogP contribution is -2.41. The average Bonchev–Trinajstić information content (AvgIpc) is 2.99. The second-order valence-electron chi connectivity index (χ2n) is 5.63. The molecule has 0 aromatic carbocycles. The molecule has 4 heteroatoms. The first kappa shape index (κ1) is 15.1. The van der Waals surface area contributed by atoms with Gasteiger partial charge in [-0.25, -0.2) is 0 Å². The average molecular weight is 278 g/mol. The summed E-state index contributed by atoms with van der Waals surface area (Å²) >= 11 is 0. The molecule has 1 aliphatic heterocycles. The van der Waals surface area contributed by atoms with Crippen LogP contribution in [0.25, 0.3) is 0 Å². The Hall–Kier alpha value is -1.29. The molecule has 2 rings (SSSR count). The molecule has 0 bridgehead atoms. The summed E-state index contributed by atoms with van der Waals surface area (Å²) in [6.07, 6.45) is 6.40. The van der Waals surface area contributed by atoms with Crippen molar-refractivity contribution in [2.75, 3.05) is 26.2 Å². The topological polar surface area (TPSA) is 45.5 Å². The lowest BCUT2D eigenvalue weighted by molar-refractivity contribution is -0.132. The van der Waals surface area contributed by atoms with Gasteiger partial charge in [-0.2, -0.15) is 0 Å². The van der Waals surface area contributed by atoms with Crippen molar-refractivity contribution in [3.05, 3.63) is 24.2 Å². The van der Waals surface area contributed by atoms with Gasteiger partial charge in [-0.05, 0) is 50.4 Å². The highest BCUT2D eigenvalue weighted by atomic mass is 16.3. The fourth-order valence-electron chi connectivity index (χ4n) is 2.82. The third-order valence-corrected chi connectivity index (χ3v) is 3.89. The summed E-state index contributed by atoms with van der Waals surface area (Å²) in [4.78, 5) is 14.4. The van der Waals surface area contributed by atoms with Crippen molar-refractivity contribution in [1.82, 2.24) is 10.2 Å². The molecule has 1 aromatic rings. The van der Waals surface area contributed by atoms with Gasteiger partial charge >= 0.3 is 0 Å². The standard InChI is InChI=1S/C16H26N2O2/c1-2-10-18(13-14-5-3-9-17-12-14)16(19)8-7-15-6-4-11-20-15/h4,6,11,14,17H,2-3,5,7-10,12-13H2,1H3. The van der Waals surface area contributed by atoms with E-state index in [4.69, 9.17) is 4.42 Å². The van der Waals surface area contributed by atoms with Crippen molar-refractivity contribution in [2.45, 2.75) is 39.0 Å². The molecule has 1 fully saturated rings. The van der Waals surface area contributed by atoms with Gasteiger partial charge in [-0.3, -0.25) is 4.79 Å². The van der Waals surface area contributed by atoms with Crippen LogP contribution in [0.2, 0.25) is 0 Å². The molecule has 1 amide bonds. The molecule has 0 saturated carbocycles. The maximum Gasteiger partial charge on any atom is 0.223 e. The van der Waals surface area contributed by atoms with E-state index in [0.717, 1.165) is 38.4 Å². The van der Waals surface area contributed by atoms with E-state index < -0.39 is 0 Å². The van der Waals surface area contributed by atoms with Gasteiger partial charge in [0.1, 0.15) is 5.76 Å². The van der Waals surface area contributed by atoms with Crippen LogP contribution < -0.4 is 5.32 Å². The Bertz CT molecular complexity index is 383. The van der Waals surface area contributed by atoms with E-state index in [1.807, 2.05) is 17.0 Å². The van der Waals surface area contributed by atoms with Gasteiger partial charge in [0.05, 0.1) is 6.26 Å². The lowest BCUT2D eigenvalue weighted by Gasteiger charge is -2.30. The minimum atomic E-state index is 0.258. The molecular weight excluding hydrogens is 252 g/mol. The van der Waals surface area contributed by atoms with E-state index in [1.54, 1.807) is 6.26 Å². The van der Waals surface area contributed by atoms with Gasteiger partial charge in [0, 0.05) is 25.9 Å². The van der Waals surface area contributed by atoms with E-state index >= 15 is 0 Å². The van der Waals surface area contributed by atoms with Gasteiger partial charge in [-0.15, -0.1) is 0 Å². The van der Waals surface area contributed by atoms with Gasteiger partial charge in [0.25, 0.3) is 0 Å². The Morgan fingerprint density at radius 3 is 3.10 bits per heavy atom. The van der Waals surface area contributed by atoms with E-state index in [-0.39, 0.29) is 5.91 Å². The minimum absolute atomic E-state index is 0.258. The van der Waals surface area contributed by atoms with E-state index in [9.17, 15) is 4.79 Å². The quantitative estimate of drug-likeness (QED) is 0.833. The van der Waals surface area contributed by atoms with Crippen molar-refractivity contribution in [3.63, 3.8) is 0 Å². The van der Waals surface area contributed by atoms with Gasteiger partial charge in [0.15, 0.2) is 0 Å². The predicted octanol–water partition coefficient (Wildman–Crippen LogP) is 2.45. The van der Waals surface area contributed by atoms with Crippen molar-refractivity contribution in [1.29, 1.82) is 0 Å². The molecule has 20 heavy (non-hydrogen) atoms. The zero-order chi connectivity index (χ0) is 14.2. The number of carbonyl (C=O) groups excluding carboxylic acids is 1. The summed E-state index contributed by atoms with van der Waals surface area (Å²) in [6, 6.07) is 3.81. The van der Waals surface area contributed by atoms with Crippen LogP contribution in [0.1, 0.15) is 38.4 Å². The van der Waals surface area contributed by atoms with Crippen molar-refractivity contribution in [3.8, 4) is 0 Å². The summed E-state index contributed by atoms with van der Waals surface area (Å²) < 4.78 is 5.29. The number of nitrogens with one attached hydrogen (secondary N) is 1. The SMILES string of the molecule is CCCN(CC1CCCNC1)C(=O)CCc1ccco1. The zero-order valence-electron chi connectivity index (χ0n) is 12.4. The minimum Gasteiger partial charge on any atom is -0.469 e. The van der Waals surface area contributed by atoms with Crippen molar-refractivity contribution >= 4 is 5.91 Å².